The van der Waals surface area contributed by atoms with Crippen LogP contribution in [0.1, 0.15) is 11.1 Å². The van der Waals surface area contributed by atoms with Gasteiger partial charge in [0, 0.05) is 0 Å². The first-order valence-electron chi connectivity index (χ1n) is 6.50. The number of ether oxygens (including phenoxy) is 2. The molecule has 112 valence electrons. The van der Waals surface area contributed by atoms with E-state index in [4.69, 9.17) is 14.7 Å². The van der Waals surface area contributed by atoms with E-state index in [1.54, 1.807) is 24.3 Å². The zero-order chi connectivity index (χ0) is 15.7. The number of alkyl halides is 3. The van der Waals surface area contributed by atoms with Crippen molar-refractivity contribution in [3.05, 3.63) is 47.5 Å². The lowest BCUT2D eigenvalue weighted by molar-refractivity contribution is -0.137. The summed E-state index contributed by atoms with van der Waals surface area (Å²) < 4.78 is 49.6. The van der Waals surface area contributed by atoms with Crippen LogP contribution in [0, 0.1) is 11.3 Å². The second kappa shape index (κ2) is 5.26. The van der Waals surface area contributed by atoms with Crippen LogP contribution in [0.25, 0.3) is 11.1 Å². The molecule has 0 aliphatic carbocycles. The average Bonchev–Trinajstić information content (AvgIpc) is 2.53. The molecule has 0 bridgehead atoms. The summed E-state index contributed by atoms with van der Waals surface area (Å²) in [5.74, 6) is 1.04. The number of hydrogen-bond donors (Lipinski definition) is 0. The van der Waals surface area contributed by atoms with Gasteiger partial charge in [0.25, 0.3) is 0 Å². The van der Waals surface area contributed by atoms with Gasteiger partial charge in [0.1, 0.15) is 13.2 Å². The zero-order valence-corrected chi connectivity index (χ0v) is 11.3. The van der Waals surface area contributed by atoms with Gasteiger partial charge in [-0.05, 0) is 41.5 Å². The van der Waals surface area contributed by atoms with Gasteiger partial charge in [-0.1, -0.05) is 6.07 Å². The molecule has 1 aliphatic heterocycles. The minimum atomic E-state index is -4.50. The lowest BCUT2D eigenvalue weighted by Crippen LogP contribution is -2.15. The van der Waals surface area contributed by atoms with E-state index in [0.29, 0.717) is 35.8 Å². The van der Waals surface area contributed by atoms with Gasteiger partial charge in [0.05, 0.1) is 17.2 Å². The Morgan fingerprint density at radius 2 is 1.64 bits per heavy atom. The molecular formula is C16H10F3NO2. The Labute approximate surface area is 124 Å². The average molecular weight is 305 g/mol. The summed E-state index contributed by atoms with van der Waals surface area (Å²) in [5.41, 5.74) is -0.0497. The van der Waals surface area contributed by atoms with Crippen molar-refractivity contribution in [2.45, 2.75) is 6.18 Å². The Balaban J connectivity index is 2.10. The van der Waals surface area contributed by atoms with E-state index in [1.165, 1.54) is 6.07 Å². The van der Waals surface area contributed by atoms with Gasteiger partial charge in [-0.15, -0.1) is 0 Å². The summed E-state index contributed by atoms with van der Waals surface area (Å²) in [6, 6.07) is 9.94. The SMILES string of the molecule is N#Cc1cc(-c2ccc3c(c2)OCCO3)cc(C(F)(F)F)c1. The third-order valence-electron chi connectivity index (χ3n) is 3.26. The molecule has 3 nitrogen and oxygen atoms in total. The summed E-state index contributed by atoms with van der Waals surface area (Å²) >= 11 is 0. The fourth-order valence-corrected chi connectivity index (χ4v) is 2.25. The zero-order valence-electron chi connectivity index (χ0n) is 11.3. The largest absolute Gasteiger partial charge is 0.486 e. The normalized spacial score (nSPS) is 13.5. The molecule has 0 amide bonds. The fraction of sp³-hybridized carbons (Fsp3) is 0.188. The third-order valence-corrected chi connectivity index (χ3v) is 3.26. The molecular weight excluding hydrogens is 295 g/mol. The minimum Gasteiger partial charge on any atom is -0.486 e. The van der Waals surface area contributed by atoms with Crippen LogP contribution in [0.5, 0.6) is 11.5 Å². The molecule has 2 aromatic carbocycles. The number of halogens is 3. The maximum absolute atomic E-state index is 12.9. The van der Waals surface area contributed by atoms with Crippen LogP contribution >= 0.6 is 0 Å². The molecule has 0 fully saturated rings. The highest BCUT2D eigenvalue weighted by molar-refractivity contribution is 5.69. The van der Waals surface area contributed by atoms with E-state index in [0.717, 1.165) is 12.1 Å². The summed E-state index contributed by atoms with van der Waals surface area (Å²) in [6.07, 6.45) is -4.50. The Bertz CT molecular complexity index is 763. The fourth-order valence-electron chi connectivity index (χ4n) is 2.25. The van der Waals surface area contributed by atoms with Gasteiger partial charge in [0.2, 0.25) is 0 Å². The minimum absolute atomic E-state index is 0.0419. The van der Waals surface area contributed by atoms with Gasteiger partial charge in [-0.3, -0.25) is 0 Å². The van der Waals surface area contributed by atoms with Crippen LogP contribution in [0.4, 0.5) is 13.2 Å². The number of nitrogens with zero attached hydrogens (tertiary/aromatic N) is 1. The van der Waals surface area contributed by atoms with Crippen molar-refractivity contribution in [2.24, 2.45) is 0 Å². The standard InChI is InChI=1S/C16H10F3NO2/c17-16(18,19)13-6-10(9-20)5-12(7-13)11-1-2-14-15(8-11)22-4-3-21-14/h1-2,5-8H,3-4H2. The lowest BCUT2D eigenvalue weighted by atomic mass is 9.99. The summed E-state index contributed by atoms with van der Waals surface area (Å²) in [4.78, 5) is 0. The van der Waals surface area contributed by atoms with Crippen molar-refractivity contribution in [2.75, 3.05) is 13.2 Å². The second-order valence-corrected chi connectivity index (χ2v) is 4.77. The summed E-state index contributed by atoms with van der Waals surface area (Å²) in [6.45, 7) is 0.830. The molecule has 22 heavy (non-hydrogen) atoms. The van der Waals surface area contributed by atoms with E-state index in [1.807, 2.05) is 0 Å². The van der Waals surface area contributed by atoms with Crippen LogP contribution in [0.3, 0.4) is 0 Å². The summed E-state index contributed by atoms with van der Waals surface area (Å²) in [7, 11) is 0. The molecule has 0 aromatic heterocycles. The van der Waals surface area contributed by atoms with Crippen LogP contribution in [0.2, 0.25) is 0 Å². The van der Waals surface area contributed by atoms with Gasteiger partial charge in [0.15, 0.2) is 11.5 Å². The predicted octanol–water partition coefficient (Wildman–Crippen LogP) is 4.02. The van der Waals surface area contributed by atoms with Crippen molar-refractivity contribution < 1.29 is 22.6 Å². The molecule has 2 aromatic rings. The molecule has 1 heterocycles. The first-order chi connectivity index (χ1) is 10.5. The lowest BCUT2D eigenvalue weighted by Gasteiger charge is -2.19. The van der Waals surface area contributed by atoms with Crippen molar-refractivity contribution in [1.29, 1.82) is 5.26 Å². The van der Waals surface area contributed by atoms with Crippen molar-refractivity contribution in [3.8, 4) is 28.7 Å². The molecule has 0 saturated carbocycles. The first-order valence-corrected chi connectivity index (χ1v) is 6.50. The van der Waals surface area contributed by atoms with Crippen molar-refractivity contribution in [3.63, 3.8) is 0 Å². The maximum atomic E-state index is 12.9. The van der Waals surface area contributed by atoms with E-state index in [2.05, 4.69) is 0 Å². The van der Waals surface area contributed by atoms with Crippen molar-refractivity contribution in [1.82, 2.24) is 0 Å². The molecule has 0 N–H and O–H groups in total. The second-order valence-electron chi connectivity index (χ2n) is 4.77. The predicted molar refractivity (Wildman–Crippen MR) is 72.6 cm³/mol. The number of nitriles is 1. The molecule has 0 saturated heterocycles. The highest BCUT2D eigenvalue weighted by Crippen LogP contribution is 2.37. The Morgan fingerprint density at radius 1 is 0.909 bits per heavy atom. The Kier molecular flexibility index (Phi) is 3.41. The van der Waals surface area contributed by atoms with E-state index >= 15 is 0 Å². The van der Waals surface area contributed by atoms with Crippen LogP contribution < -0.4 is 9.47 Å². The van der Waals surface area contributed by atoms with Gasteiger partial charge in [-0.2, -0.15) is 18.4 Å². The molecule has 0 atom stereocenters. The summed E-state index contributed by atoms with van der Waals surface area (Å²) in [5, 5.41) is 8.93. The molecule has 1 aliphatic rings. The van der Waals surface area contributed by atoms with E-state index in [9.17, 15) is 13.2 Å². The smallest absolute Gasteiger partial charge is 0.416 e. The van der Waals surface area contributed by atoms with E-state index < -0.39 is 11.7 Å². The molecule has 6 heteroatoms. The molecule has 0 spiro atoms. The topological polar surface area (TPSA) is 42.2 Å². The molecule has 3 rings (SSSR count). The van der Waals surface area contributed by atoms with Gasteiger partial charge >= 0.3 is 6.18 Å². The van der Waals surface area contributed by atoms with Gasteiger partial charge in [-0.25, -0.2) is 0 Å². The quantitative estimate of drug-likeness (QED) is 0.799. The number of rotatable bonds is 1. The van der Waals surface area contributed by atoms with E-state index in [-0.39, 0.29) is 5.56 Å². The molecule has 0 radical (unpaired) electrons. The first kappa shape index (κ1) is 14.3. The monoisotopic (exact) mass is 305 g/mol. The molecule has 0 unspecified atom stereocenters. The van der Waals surface area contributed by atoms with Crippen molar-refractivity contribution >= 4 is 0 Å². The van der Waals surface area contributed by atoms with Gasteiger partial charge < -0.3 is 9.47 Å². The van der Waals surface area contributed by atoms with Crippen LogP contribution in [-0.4, -0.2) is 13.2 Å². The highest BCUT2D eigenvalue weighted by Gasteiger charge is 2.31. The highest BCUT2D eigenvalue weighted by atomic mass is 19.4. The third kappa shape index (κ3) is 2.70. The number of benzene rings is 2. The van der Waals surface area contributed by atoms with Crippen LogP contribution in [0.15, 0.2) is 36.4 Å². The number of hydrogen-bond acceptors (Lipinski definition) is 3. The number of fused-ring (bicyclic) bond motifs is 1. The Morgan fingerprint density at radius 3 is 2.32 bits per heavy atom. The van der Waals surface area contributed by atoms with Crippen LogP contribution in [-0.2, 0) is 6.18 Å². The maximum Gasteiger partial charge on any atom is 0.416 e. The Hall–Kier alpha value is -2.68.